The van der Waals surface area contributed by atoms with Crippen LogP contribution in [0.25, 0.3) is 0 Å². The molecule has 1 atom stereocenters. The van der Waals surface area contributed by atoms with E-state index >= 15 is 0 Å². The molecule has 6 heteroatoms. The monoisotopic (exact) mass is 364 g/mol. The molecular weight excluding hydrogens is 344 g/mol. The van der Waals surface area contributed by atoms with Gasteiger partial charge in [-0.05, 0) is 55.5 Å². The van der Waals surface area contributed by atoms with Gasteiger partial charge in [-0.3, -0.25) is 4.79 Å². The van der Waals surface area contributed by atoms with E-state index in [-0.39, 0.29) is 0 Å². The number of aromatic nitrogens is 1. The molecule has 3 rings (SSSR count). The topological polar surface area (TPSA) is 69.6 Å². The molecule has 0 spiro atoms. The Kier molecular flexibility index (Phi) is 5.56. The first-order chi connectivity index (χ1) is 13.0. The van der Waals surface area contributed by atoms with Crippen LogP contribution < -0.4 is 10.1 Å². The van der Waals surface area contributed by atoms with Gasteiger partial charge in [0.25, 0.3) is 5.91 Å². The Balaban J connectivity index is 1.55. The number of amides is 1. The highest BCUT2D eigenvalue weighted by Gasteiger charge is 2.20. The van der Waals surface area contributed by atoms with Crippen LogP contribution >= 0.6 is 0 Å². The van der Waals surface area contributed by atoms with Gasteiger partial charge in [0.2, 0.25) is 0 Å². The van der Waals surface area contributed by atoms with Crippen molar-refractivity contribution < 1.29 is 19.1 Å². The second kappa shape index (κ2) is 8.23. The van der Waals surface area contributed by atoms with Crippen molar-refractivity contribution in [1.29, 1.82) is 0 Å². The molecule has 1 amide bonds. The number of nitrogens with one attached hydrogen (secondary N) is 1. The number of esters is 1. The highest BCUT2D eigenvalue weighted by molar-refractivity contribution is 5.96. The molecule has 0 fully saturated rings. The molecule has 0 saturated carbocycles. The Morgan fingerprint density at radius 1 is 0.926 bits per heavy atom. The van der Waals surface area contributed by atoms with Crippen molar-refractivity contribution in [3.05, 3.63) is 78.6 Å². The molecule has 0 aliphatic carbocycles. The molecule has 0 aliphatic heterocycles. The molecule has 0 bridgehead atoms. The summed E-state index contributed by atoms with van der Waals surface area (Å²) >= 11 is 0. The third kappa shape index (κ3) is 4.76. The maximum Gasteiger partial charge on any atom is 0.355 e. The summed E-state index contributed by atoms with van der Waals surface area (Å²) in [7, 11) is 1.74. The number of carbonyl (C=O) groups is 2. The third-order valence-electron chi connectivity index (χ3n) is 3.91. The second-order valence-corrected chi connectivity index (χ2v) is 5.98. The molecule has 27 heavy (non-hydrogen) atoms. The average Bonchev–Trinajstić information content (AvgIpc) is 3.10. The largest absolute Gasteiger partial charge is 0.457 e. The summed E-state index contributed by atoms with van der Waals surface area (Å²) in [5.41, 5.74) is 0.972. The summed E-state index contributed by atoms with van der Waals surface area (Å²) in [5.74, 6) is 0.434. The van der Waals surface area contributed by atoms with E-state index in [1.54, 1.807) is 54.2 Å². The lowest BCUT2D eigenvalue weighted by atomic mass is 10.2. The highest BCUT2D eigenvalue weighted by atomic mass is 16.5. The van der Waals surface area contributed by atoms with Crippen molar-refractivity contribution in [3.8, 4) is 11.5 Å². The zero-order valence-electron chi connectivity index (χ0n) is 15.1. The molecule has 0 saturated heterocycles. The van der Waals surface area contributed by atoms with Gasteiger partial charge >= 0.3 is 5.97 Å². The number of anilines is 1. The van der Waals surface area contributed by atoms with Gasteiger partial charge in [-0.2, -0.15) is 0 Å². The van der Waals surface area contributed by atoms with Gasteiger partial charge in [0.1, 0.15) is 17.2 Å². The van der Waals surface area contributed by atoms with Crippen molar-refractivity contribution in [2.75, 3.05) is 5.32 Å². The van der Waals surface area contributed by atoms with Gasteiger partial charge in [0, 0.05) is 18.9 Å². The summed E-state index contributed by atoms with van der Waals surface area (Å²) in [4.78, 5) is 24.3. The van der Waals surface area contributed by atoms with E-state index in [0.717, 1.165) is 5.75 Å². The van der Waals surface area contributed by atoms with Gasteiger partial charge in [-0.25, -0.2) is 4.79 Å². The van der Waals surface area contributed by atoms with Crippen LogP contribution in [0.1, 0.15) is 17.4 Å². The zero-order chi connectivity index (χ0) is 19.2. The van der Waals surface area contributed by atoms with Crippen molar-refractivity contribution in [2.24, 2.45) is 7.05 Å². The molecule has 6 nitrogen and oxygen atoms in total. The van der Waals surface area contributed by atoms with Gasteiger partial charge in [0.15, 0.2) is 6.10 Å². The fourth-order valence-corrected chi connectivity index (χ4v) is 2.42. The van der Waals surface area contributed by atoms with E-state index in [1.807, 2.05) is 30.3 Å². The van der Waals surface area contributed by atoms with Crippen LogP contribution in [0.5, 0.6) is 11.5 Å². The lowest BCUT2D eigenvalue weighted by Crippen LogP contribution is -2.30. The van der Waals surface area contributed by atoms with E-state index in [2.05, 4.69) is 5.32 Å². The molecule has 3 aromatic rings. The predicted octanol–water partition coefficient (Wildman–Crippen LogP) is 4.00. The van der Waals surface area contributed by atoms with E-state index in [0.29, 0.717) is 17.1 Å². The fourth-order valence-electron chi connectivity index (χ4n) is 2.42. The Labute approximate surface area is 157 Å². The quantitative estimate of drug-likeness (QED) is 0.671. The first-order valence-electron chi connectivity index (χ1n) is 8.49. The highest BCUT2D eigenvalue weighted by Crippen LogP contribution is 2.22. The molecule has 0 unspecified atom stereocenters. The number of hydrogen-bond donors (Lipinski definition) is 1. The number of nitrogens with zero attached hydrogens (tertiary/aromatic N) is 1. The number of benzene rings is 2. The average molecular weight is 364 g/mol. The first-order valence-corrected chi connectivity index (χ1v) is 8.49. The van der Waals surface area contributed by atoms with Crippen molar-refractivity contribution in [1.82, 2.24) is 4.57 Å². The Bertz CT molecular complexity index is 917. The van der Waals surface area contributed by atoms with Crippen LogP contribution in [0.3, 0.4) is 0 Å². The number of aryl methyl sites for hydroxylation is 1. The minimum absolute atomic E-state index is 0.386. The molecular formula is C21H20N2O4. The maximum atomic E-state index is 12.3. The number of carbonyl (C=O) groups excluding carboxylic acids is 2. The minimum Gasteiger partial charge on any atom is -0.457 e. The van der Waals surface area contributed by atoms with Crippen LogP contribution in [-0.4, -0.2) is 22.5 Å². The van der Waals surface area contributed by atoms with Gasteiger partial charge in [0.05, 0.1) is 0 Å². The van der Waals surface area contributed by atoms with Crippen LogP contribution in [0.15, 0.2) is 72.9 Å². The molecule has 1 aromatic heterocycles. The van der Waals surface area contributed by atoms with Gasteiger partial charge in [-0.15, -0.1) is 0 Å². The number of ether oxygens (including phenoxy) is 2. The lowest BCUT2D eigenvalue weighted by Gasteiger charge is -2.14. The van der Waals surface area contributed by atoms with Gasteiger partial charge < -0.3 is 19.4 Å². The third-order valence-corrected chi connectivity index (χ3v) is 3.91. The normalized spacial score (nSPS) is 11.5. The standard InChI is InChI=1S/C21H20N2O4/c1-15(26-21(25)19-9-6-14-23(19)2)20(24)22-16-10-12-18(13-11-16)27-17-7-4-3-5-8-17/h3-15H,1-2H3,(H,22,24)/t15-/m1/s1. The molecule has 1 heterocycles. The molecule has 0 radical (unpaired) electrons. The summed E-state index contributed by atoms with van der Waals surface area (Å²) in [6.45, 7) is 1.53. The fraction of sp³-hybridized carbons (Fsp3) is 0.143. The summed E-state index contributed by atoms with van der Waals surface area (Å²) in [6, 6.07) is 19.7. The van der Waals surface area contributed by atoms with Crippen LogP contribution in [-0.2, 0) is 16.6 Å². The summed E-state index contributed by atoms with van der Waals surface area (Å²) < 4.78 is 12.6. The summed E-state index contributed by atoms with van der Waals surface area (Å²) in [6.07, 6.45) is 0.813. The van der Waals surface area contributed by atoms with Crippen LogP contribution in [0.4, 0.5) is 5.69 Å². The van der Waals surface area contributed by atoms with E-state index < -0.39 is 18.0 Å². The number of rotatable bonds is 6. The summed E-state index contributed by atoms with van der Waals surface area (Å²) in [5, 5.41) is 2.72. The molecule has 138 valence electrons. The Morgan fingerprint density at radius 2 is 1.59 bits per heavy atom. The lowest BCUT2D eigenvalue weighted by molar-refractivity contribution is -0.123. The van der Waals surface area contributed by atoms with Crippen LogP contribution in [0.2, 0.25) is 0 Å². The van der Waals surface area contributed by atoms with Crippen molar-refractivity contribution >= 4 is 17.6 Å². The molecule has 2 aromatic carbocycles. The Morgan fingerprint density at radius 3 is 2.22 bits per heavy atom. The van der Waals surface area contributed by atoms with E-state index in [4.69, 9.17) is 9.47 Å². The van der Waals surface area contributed by atoms with E-state index in [1.165, 1.54) is 6.92 Å². The smallest absolute Gasteiger partial charge is 0.355 e. The van der Waals surface area contributed by atoms with E-state index in [9.17, 15) is 9.59 Å². The zero-order valence-corrected chi connectivity index (χ0v) is 15.1. The van der Waals surface area contributed by atoms with Crippen LogP contribution in [0, 0.1) is 0 Å². The number of para-hydroxylation sites is 1. The maximum absolute atomic E-state index is 12.3. The van der Waals surface area contributed by atoms with Crippen molar-refractivity contribution in [2.45, 2.75) is 13.0 Å². The first kappa shape index (κ1) is 18.3. The second-order valence-electron chi connectivity index (χ2n) is 5.98. The van der Waals surface area contributed by atoms with Crippen molar-refractivity contribution in [3.63, 3.8) is 0 Å². The SMILES string of the molecule is C[C@@H](OC(=O)c1cccn1C)C(=O)Nc1ccc(Oc2ccccc2)cc1. The Hall–Kier alpha value is -3.54. The number of hydrogen-bond acceptors (Lipinski definition) is 4. The predicted molar refractivity (Wildman–Crippen MR) is 102 cm³/mol. The van der Waals surface area contributed by atoms with Gasteiger partial charge in [-0.1, -0.05) is 18.2 Å². The molecule has 1 N–H and O–H groups in total. The minimum atomic E-state index is -0.923. The molecule has 0 aliphatic rings.